The first kappa shape index (κ1) is 25.5. The van der Waals surface area contributed by atoms with Gasteiger partial charge in [-0.15, -0.1) is 0 Å². The Morgan fingerprint density at radius 2 is 1.51 bits per heavy atom. The van der Waals surface area contributed by atoms with E-state index in [0.717, 1.165) is 5.56 Å². The van der Waals surface area contributed by atoms with Gasteiger partial charge < -0.3 is 10.1 Å². The molecule has 0 bridgehead atoms. The van der Waals surface area contributed by atoms with Gasteiger partial charge in [0.2, 0.25) is 5.91 Å². The number of carbonyl (C=O) groups is 4. The van der Waals surface area contributed by atoms with Crippen molar-refractivity contribution in [1.82, 2.24) is 15.3 Å². The number of hydrogen-bond acceptors (Lipinski definition) is 6. The van der Waals surface area contributed by atoms with E-state index in [1.54, 1.807) is 42.5 Å². The van der Waals surface area contributed by atoms with Crippen molar-refractivity contribution in [2.75, 3.05) is 12.4 Å². The molecule has 3 aromatic rings. The summed E-state index contributed by atoms with van der Waals surface area (Å²) < 4.78 is 4.68. The lowest BCUT2D eigenvalue weighted by Gasteiger charge is -2.24. The highest BCUT2D eigenvalue weighted by Crippen LogP contribution is 2.23. The van der Waals surface area contributed by atoms with Crippen molar-refractivity contribution in [1.29, 1.82) is 0 Å². The van der Waals surface area contributed by atoms with Crippen LogP contribution in [-0.2, 0) is 20.9 Å². The van der Waals surface area contributed by atoms with Gasteiger partial charge >= 0.3 is 5.97 Å². The molecule has 9 nitrogen and oxygen atoms in total. The number of ether oxygens (including phenoxy) is 1. The van der Waals surface area contributed by atoms with Crippen molar-refractivity contribution in [3.05, 3.63) is 102 Å². The highest BCUT2D eigenvalue weighted by atomic mass is 32.1. The van der Waals surface area contributed by atoms with Crippen LogP contribution in [0.25, 0.3) is 0 Å². The number of hydrogen-bond donors (Lipinski definition) is 2. The van der Waals surface area contributed by atoms with Crippen LogP contribution in [0, 0.1) is 0 Å². The monoisotopic (exact) mass is 516 g/mol. The molecule has 1 heterocycles. The van der Waals surface area contributed by atoms with E-state index >= 15 is 0 Å². The molecule has 0 aliphatic carbocycles. The molecule has 4 rings (SSSR count). The minimum atomic E-state index is -1.04. The van der Waals surface area contributed by atoms with E-state index < -0.39 is 29.7 Å². The summed E-state index contributed by atoms with van der Waals surface area (Å²) in [7, 11) is 1.28. The lowest BCUT2D eigenvalue weighted by atomic mass is 10.1. The number of rotatable bonds is 8. The third-order valence-electron chi connectivity index (χ3n) is 5.71. The van der Waals surface area contributed by atoms with E-state index in [-0.39, 0.29) is 18.1 Å². The molecule has 0 saturated carbocycles. The fourth-order valence-electron chi connectivity index (χ4n) is 3.82. The fourth-order valence-corrected chi connectivity index (χ4v) is 4.15. The Morgan fingerprint density at radius 1 is 0.892 bits per heavy atom. The second-order valence-corrected chi connectivity index (χ2v) is 8.57. The molecule has 3 aromatic carbocycles. The van der Waals surface area contributed by atoms with Crippen LogP contribution in [0.1, 0.15) is 32.7 Å². The second kappa shape index (κ2) is 11.4. The Kier molecular flexibility index (Phi) is 7.89. The number of esters is 1. The van der Waals surface area contributed by atoms with Gasteiger partial charge in [-0.05, 0) is 54.2 Å². The van der Waals surface area contributed by atoms with Crippen LogP contribution < -0.4 is 10.7 Å². The second-order valence-electron chi connectivity index (χ2n) is 8.21. The van der Waals surface area contributed by atoms with Crippen molar-refractivity contribution < 1.29 is 23.9 Å². The normalized spacial score (nSPS) is 14.9. The van der Waals surface area contributed by atoms with Gasteiger partial charge in [-0.3, -0.25) is 24.7 Å². The van der Waals surface area contributed by atoms with Crippen LogP contribution in [-0.4, -0.2) is 51.9 Å². The smallest absolute Gasteiger partial charge is 0.337 e. The van der Waals surface area contributed by atoms with Crippen LogP contribution in [0.15, 0.2) is 84.9 Å². The van der Waals surface area contributed by atoms with Gasteiger partial charge in [-0.2, -0.15) is 0 Å². The van der Waals surface area contributed by atoms with E-state index in [2.05, 4.69) is 15.5 Å². The van der Waals surface area contributed by atoms with E-state index in [9.17, 15) is 19.2 Å². The summed E-state index contributed by atoms with van der Waals surface area (Å²) in [5.41, 5.74) is 4.70. The van der Waals surface area contributed by atoms with Gasteiger partial charge in [-0.25, -0.2) is 9.80 Å². The van der Waals surface area contributed by atoms with Crippen molar-refractivity contribution in [2.45, 2.75) is 19.0 Å². The van der Waals surface area contributed by atoms with Crippen LogP contribution in [0.3, 0.4) is 0 Å². The molecule has 1 atom stereocenters. The molecule has 37 heavy (non-hydrogen) atoms. The van der Waals surface area contributed by atoms with Crippen molar-refractivity contribution >= 4 is 46.7 Å². The third kappa shape index (κ3) is 5.99. The minimum absolute atomic E-state index is 0.0957. The number of benzene rings is 3. The molecule has 10 heteroatoms. The Morgan fingerprint density at radius 3 is 2.14 bits per heavy atom. The number of thiocarbonyl (C=S) groups is 1. The average Bonchev–Trinajstić information content (AvgIpc) is 3.13. The van der Waals surface area contributed by atoms with Gasteiger partial charge in [0.05, 0.1) is 25.6 Å². The molecule has 1 unspecified atom stereocenters. The molecule has 188 valence electrons. The van der Waals surface area contributed by atoms with Gasteiger partial charge in [-0.1, -0.05) is 48.5 Å². The number of nitrogens with one attached hydrogen (secondary N) is 2. The largest absolute Gasteiger partial charge is 0.465 e. The Labute approximate surface area is 219 Å². The first-order valence-electron chi connectivity index (χ1n) is 11.4. The fraction of sp³-hybridized carbons (Fsp3) is 0.148. The van der Waals surface area contributed by atoms with Crippen molar-refractivity contribution in [3.63, 3.8) is 0 Å². The zero-order valence-corrected chi connectivity index (χ0v) is 20.7. The number of methoxy groups -OCH3 is 1. The van der Waals surface area contributed by atoms with Gasteiger partial charge in [0.1, 0.15) is 6.04 Å². The summed E-state index contributed by atoms with van der Waals surface area (Å²) in [6.07, 6.45) is -0.266. The molecule has 1 saturated heterocycles. The maximum atomic E-state index is 13.4. The summed E-state index contributed by atoms with van der Waals surface area (Å²) in [5, 5.41) is 4.08. The summed E-state index contributed by atoms with van der Waals surface area (Å²) in [5.74, 6) is -1.82. The van der Waals surface area contributed by atoms with Crippen molar-refractivity contribution in [2.24, 2.45) is 0 Å². The maximum absolute atomic E-state index is 13.4. The van der Waals surface area contributed by atoms with E-state index in [4.69, 9.17) is 12.2 Å². The first-order chi connectivity index (χ1) is 17.9. The van der Waals surface area contributed by atoms with Gasteiger partial charge in [0.25, 0.3) is 11.8 Å². The quantitative estimate of drug-likeness (QED) is 0.350. The third-order valence-corrected chi connectivity index (χ3v) is 6.13. The molecule has 2 N–H and O–H groups in total. The molecule has 1 fully saturated rings. The molecule has 0 aromatic heterocycles. The summed E-state index contributed by atoms with van der Waals surface area (Å²) in [6.45, 7) is 0.198. The Balaban J connectivity index is 1.52. The number of carbonyl (C=O) groups excluding carboxylic acids is 4. The van der Waals surface area contributed by atoms with Crippen LogP contribution in [0.4, 0.5) is 5.69 Å². The molecule has 3 amide bonds. The molecular weight excluding hydrogens is 492 g/mol. The number of nitrogens with zero attached hydrogens (tertiary/aromatic N) is 2. The van der Waals surface area contributed by atoms with Crippen molar-refractivity contribution in [3.8, 4) is 0 Å². The SMILES string of the molecule is COC(=O)c1ccc(NC(=O)CC2C(=O)N(Cc3ccccc3)C(=S)N2NC(=O)c2ccccc2)cc1. The predicted octanol–water partition coefficient (Wildman–Crippen LogP) is 3.14. The summed E-state index contributed by atoms with van der Waals surface area (Å²) >= 11 is 5.56. The summed E-state index contributed by atoms with van der Waals surface area (Å²) in [6, 6.07) is 22.9. The van der Waals surface area contributed by atoms with Crippen LogP contribution in [0.5, 0.6) is 0 Å². The maximum Gasteiger partial charge on any atom is 0.337 e. The van der Waals surface area contributed by atoms with Crippen LogP contribution in [0.2, 0.25) is 0 Å². The van der Waals surface area contributed by atoms with Gasteiger partial charge in [0, 0.05) is 11.3 Å². The lowest BCUT2D eigenvalue weighted by Crippen LogP contribution is -2.49. The average molecular weight is 517 g/mol. The molecule has 1 aliphatic rings. The first-order valence-corrected chi connectivity index (χ1v) is 11.8. The summed E-state index contributed by atoms with van der Waals surface area (Å²) in [4.78, 5) is 52.2. The highest BCUT2D eigenvalue weighted by Gasteiger charge is 2.44. The predicted molar refractivity (Wildman–Crippen MR) is 140 cm³/mol. The van der Waals surface area contributed by atoms with E-state index in [1.165, 1.54) is 29.2 Å². The Bertz CT molecular complexity index is 1320. The Hall–Kier alpha value is -4.57. The van der Waals surface area contributed by atoms with Gasteiger partial charge in [0.15, 0.2) is 5.11 Å². The zero-order valence-electron chi connectivity index (χ0n) is 19.9. The lowest BCUT2D eigenvalue weighted by molar-refractivity contribution is -0.131. The highest BCUT2D eigenvalue weighted by molar-refractivity contribution is 7.80. The van der Waals surface area contributed by atoms with E-state index in [1.807, 2.05) is 30.3 Å². The molecule has 0 spiro atoms. The minimum Gasteiger partial charge on any atom is -0.465 e. The van der Waals surface area contributed by atoms with E-state index in [0.29, 0.717) is 16.8 Å². The topological polar surface area (TPSA) is 108 Å². The molecule has 1 aliphatic heterocycles. The zero-order chi connectivity index (χ0) is 26.4. The molecular formula is C27H24N4O5S. The number of anilines is 1. The number of hydrazine groups is 1. The standard InChI is InChI=1S/C27H24N4O5S/c1-36-26(35)20-12-14-21(15-13-20)28-23(32)16-22-25(34)30(17-18-8-4-2-5-9-18)27(37)31(22)29-24(33)19-10-6-3-7-11-19/h2-15,22H,16-17H2,1H3,(H,28,32)(H,29,33). The molecule has 0 radical (unpaired) electrons. The number of amides is 3. The van der Waals surface area contributed by atoms with Crippen LogP contribution >= 0.6 is 12.2 Å².